The second kappa shape index (κ2) is 6.23. The summed E-state index contributed by atoms with van der Waals surface area (Å²) in [6.07, 6.45) is 5.44. The van der Waals surface area contributed by atoms with Crippen molar-refractivity contribution in [2.24, 2.45) is 5.92 Å². The average Bonchev–Trinajstić information content (AvgIpc) is 2.91. The van der Waals surface area contributed by atoms with Crippen LogP contribution in [-0.2, 0) is 6.54 Å². The molecule has 3 N–H and O–H groups in total. The van der Waals surface area contributed by atoms with Crippen LogP contribution in [0.3, 0.4) is 0 Å². The number of nitrogens with one attached hydrogen (secondary N) is 1. The molecule has 0 aliphatic rings. The summed E-state index contributed by atoms with van der Waals surface area (Å²) in [5.74, 6) is 0.197. The standard InChI is InChI=1S/C15H20N4O/c1-11-3-4-14(16)13(7-11)15(20)18-8-12(2)9-19-6-5-17-10-19/h3-7,10,12H,8-9,16H2,1-2H3,(H,18,20). The zero-order chi connectivity index (χ0) is 14.5. The molecule has 0 saturated heterocycles. The minimum Gasteiger partial charge on any atom is -0.398 e. The number of hydrogen-bond acceptors (Lipinski definition) is 3. The predicted molar refractivity (Wildman–Crippen MR) is 79.3 cm³/mol. The van der Waals surface area contributed by atoms with Crippen molar-refractivity contribution in [1.82, 2.24) is 14.9 Å². The number of hydrogen-bond donors (Lipinski definition) is 2. The number of nitrogens with two attached hydrogens (primary N) is 1. The molecule has 1 amide bonds. The van der Waals surface area contributed by atoms with Crippen LogP contribution in [0, 0.1) is 12.8 Å². The molecule has 1 heterocycles. The Morgan fingerprint density at radius 1 is 1.50 bits per heavy atom. The minimum atomic E-state index is -0.122. The molecule has 1 aromatic heterocycles. The molecule has 0 spiro atoms. The van der Waals surface area contributed by atoms with Gasteiger partial charge in [0.2, 0.25) is 0 Å². The SMILES string of the molecule is Cc1ccc(N)c(C(=O)NCC(C)Cn2ccnc2)c1. The molecule has 1 atom stereocenters. The first-order chi connectivity index (χ1) is 9.56. The van der Waals surface area contributed by atoms with Crippen molar-refractivity contribution in [3.63, 3.8) is 0 Å². The van der Waals surface area contributed by atoms with Crippen LogP contribution in [0.25, 0.3) is 0 Å². The van der Waals surface area contributed by atoms with Gasteiger partial charge in [0.1, 0.15) is 0 Å². The number of benzene rings is 1. The molecule has 2 aromatic rings. The molecule has 0 aliphatic carbocycles. The van der Waals surface area contributed by atoms with Crippen molar-refractivity contribution in [1.29, 1.82) is 0 Å². The van der Waals surface area contributed by atoms with Gasteiger partial charge < -0.3 is 15.6 Å². The van der Waals surface area contributed by atoms with Crippen LogP contribution in [-0.4, -0.2) is 22.0 Å². The van der Waals surface area contributed by atoms with Gasteiger partial charge >= 0.3 is 0 Å². The van der Waals surface area contributed by atoms with Crippen LogP contribution in [0.4, 0.5) is 5.69 Å². The molecule has 0 radical (unpaired) electrons. The molecular weight excluding hydrogens is 252 g/mol. The van der Waals surface area contributed by atoms with E-state index in [1.807, 2.05) is 29.8 Å². The molecule has 0 aliphatic heterocycles. The molecule has 1 unspecified atom stereocenters. The maximum absolute atomic E-state index is 12.1. The number of imidazole rings is 1. The minimum absolute atomic E-state index is 0.122. The largest absolute Gasteiger partial charge is 0.398 e. The van der Waals surface area contributed by atoms with E-state index in [2.05, 4.69) is 17.2 Å². The number of nitrogens with zero attached hydrogens (tertiary/aromatic N) is 2. The Hall–Kier alpha value is -2.30. The third-order valence-electron chi connectivity index (χ3n) is 3.15. The highest BCUT2D eigenvalue weighted by atomic mass is 16.1. The van der Waals surface area contributed by atoms with Crippen LogP contribution in [0.1, 0.15) is 22.8 Å². The van der Waals surface area contributed by atoms with Gasteiger partial charge in [-0.25, -0.2) is 4.98 Å². The smallest absolute Gasteiger partial charge is 0.253 e. The Morgan fingerprint density at radius 3 is 3.00 bits per heavy atom. The molecular formula is C15H20N4O. The van der Waals surface area contributed by atoms with Crippen LogP contribution < -0.4 is 11.1 Å². The summed E-state index contributed by atoms with van der Waals surface area (Å²) in [5.41, 5.74) is 7.91. The van der Waals surface area contributed by atoms with Gasteiger partial charge in [0.25, 0.3) is 5.91 Å². The van der Waals surface area contributed by atoms with Gasteiger partial charge in [-0.2, -0.15) is 0 Å². The molecule has 0 bridgehead atoms. The molecule has 5 heteroatoms. The first-order valence-corrected chi connectivity index (χ1v) is 6.66. The lowest BCUT2D eigenvalue weighted by molar-refractivity contribution is 0.0947. The molecule has 20 heavy (non-hydrogen) atoms. The second-order valence-electron chi connectivity index (χ2n) is 5.17. The fourth-order valence-corrected chi connectivity index (χ4v) is 2.05. The number of aryl methyl sites for hydroxylation is 1. The van der Waals surface area contributed by atoms with Gasteiger partial charge in [-0.15, -0.1) is 0 Å². The lowest BCUT2D eigenvalue weighted by atomic mass is 10.1. The van der Waals surface area contributed by atoms with Crippen molar-refractivity contribution in [2.75, 3.05) is 12.3 Å². The summed E-state index contributed by atoms with van der Waals surface area (Å²) < 4.78 is 2.00. The van der Waals surface area contributed by atoms with Crippen molar-refractivity contribution in [2.45, 2.75) is 20.4 Å². The summed E-state index contributed by atoms with van der Waals surface area (Å²) in [6.45, 7) is 5.45. The van der Waals surface area contributed by atoms with Crippen LogP contribution in [0.2, 0.25) is 0 Å². The summed E-state index contributed by atoms with van der Waals surface area (Å²) in [6, 6.07) is 5.47. The number of carbonyl (C=O) groups is 1. The monoisotopic (exact) mass is 272 g/mol. The Balaban J connectivity index is 1.90. The van der Waals surface area contributed by atoms with Gasteiger partial charge in [-0.3, -0.25) is 4.79 Å². The quantitative estimate of drug-likeness (QED) is 0.816. The van der Waals surface area contributed by atoms with E-state index in [1.165, 1.54) is 0 Å². The highest BCUT2D eigenvalue weighted by Gasteiger charge is 2.11. The van der Waals surface area contributed by atoms with Crippen molar-refractivity contribution < 1.29 is 4.79 Å². The number of anilines is 1. The van der Waals surface area contributed by atoms with Crippen molar-refractivity contribution in [3.05, 3.63) is 48.0 Å². The fourth-order valence-electron chi connectivity index (χ4n) is 2.05. The number of aromatic nitrogens is 2. The molecule has 5 nitrogen and oxygen atoms in total. The summed E-state index contributed by atoms with van der Waals surface area (Å²) in [7, 11) is 0. The normalized spacial score (nSPS) is 12.1. The maximum atomic E-state index is 12.1. The summed E-state index contributed by atoms with van der Waals surface area (Å²) >= 11 is 0. The Bertz CT molecular complexity index is 578. The van der Waals surface area contributed by atoms with Crippen molar-refractivity contribution >= 4 is 11.6 Å². The van der Waals surface area contributed by atoms with E-state index < -0.39 is 0 Å². The number of carbonyl (C=O) groups excluding carboxylic acids is 1. The zero-order valence-corrected chi connectivity index (χ0v) is 11.8. The Labute approximate surface area is 118 Å². The maximum Gasteiger partial charge on any atom is 0.253 e. The lowest BCUT2D eigenvalue weighted by Gasteiger charge is -2.14. The van der Waals surface area contributed by atoms with Gasteiger partial charge in [-0.05, 0) is 25.0 Å². The van der Waals surface area contributed by atoms with E-state index in [-0.39, 0.29) is 5.91 Å². The van der Waals surface area contributed by atoms with Gasteiger partial charge in [0.15, 0.2) is 0 Å². The number of amides is 1. The highest BCUT2D eigenvalue weighted by molar-refractivity contribution is 5.99. The van der Waals surface area contributed by atoms with Crippen LogP contribution >= 0.6 is 0 Å². The Kier molecular flexibility index (Phi) is 4.40. The predicted octanol–water partition coefficient (Wildman–Crippen LogP) is 1.84. The third kappa shape index (κ3) is 3.60. The van der Waals surface area contributed by atoms with E-state index in [0.717, 1.165) is 12.1 Å². The molecule has 106 valence electrons. The summed E-state index contributed by atoms with van der Waals surface area (Å²) in [4.78, 5) is 16.1. The fraction of sp³-hybridized carbons (Fsp3) is 0.333. The van der Waals surface area contributed by atoms with E-state index in [1.54, 1.807) is 18.6 Å². The van der Waals surface area contributed by atoms with Crippen LogP contribution in [0.5, 0.6) is 0 Å². The van der Waals surface area contributed by atoms with E-state index >= 15 is 0 Å². The average molecular weight is 272 g/mol. The number of rotatable bonds is 5. The summed E-state index contributed by atoms with van der Waals surface area (Å²) in [5, 5.41) is 2.93. The molecule has 2 rings (SSSR count). The molecule has 0 saturated carbocycles. The lowest BCUT2D eigenvalue weighted by Crippen LogP contribution is -2.30. The van der Waals surface area contributed by atoms with E-state index in [9.17, 15) is 4.79 Å². The van der Waals surface area contributed by atoms with Gasteiger partial charge in [0.05, 0.1) is 11.9 Å². The first kappa shape index (κ1) is 14.1. The van der Waals surface area contributed by atoms with Gasteiger partial charge in [0, 0.05) is 31.2 Å². The highest BCUT2D eigenvalue weighted by Crippen LogP contribution is 2.13. The first-order valence-electron chi connectivity index (χ1n) is 6.66. The topological polar surface area (TPSA) is 72.9 Å². The zero-order valence-electron chi connectivity index (χ0n) is 11.8. The second-order valence-corrected chi connectivity index (χ2v) is 5.17. The van der Waals surface area contributed by atoms with E-state index in [4.69, 9.17) is 5.73 Å². The number of nitrogen functional groups attached to an aromatic ring is 1. The van der Waals surface area contributed by atoms with Crippen molar-refractivity contribution in [3.8, 4) is 0 Å². The third-order valence-corrected chi connectivity index (χ3v) is 3.15. The van der Waals surface area contributed by atoms with E-state index in [0.29, 0.717) is 23.7 Å². The van der Waals surface area contributed by atoms with Crippen LogP contribution in [0.15, 0.2) is 36.9 Å². The molecule has 0 fully saturated rings. The Morgan fingerprint density at radius 2 is 2.30 bits per heavy atom. The van der Waals surface area contributed by atoms with Gasteiger partial charge in [-0.1, -0.05) is 18.6 Å². The molecule has 1 aromatic carbocycles.